The van der Waals surface area contributed by atoms with Crippen LogP contribution in [0.2, 0.25) is 5.02 Å². The van der Waals surface area contributed by atoms with Gasteiger partial charge in [-0.3, -0.25) is 9.59 Å². The summed E-state index contributed by atoms with van der Waals surface area (Å²) in [4.78, 5) is 37.6. The van der Waals surface area contributed by atoms with Gasteiger partial charge in [0.2, 0.25) is 5.91 Å². The van der Waals surface area contributed by atoms with E-state index in [4.69, 9.17) is 16.3 Å². The topological polar surface area (TPSA) is 115 Å². The summed E-state index contributed by atoms with van der Waals surface area (Å²) in [6.45, 7) is 6.38. The van der Waals surface area contributed by atoms with Gasteiger partial charge in [0.15, 0.2) is 11.0 Å². The van der Waals surface area contributed by atoms with E-state index in [0.717, 1.165) is 6.42 Å². The second-order valence-corrected chi connectivity index (χ2v) is 10.4. The Balaban J connectivity index is 1.65. The number of hydrogen-bond donors (Lipinski definition) is 2. The van der Waals surface area contributed by atoms with Crippen LogP contribution in [0.5, 0.6) is 0 Å². The number of anilines is 1. The Bertz CT molecular complexity index is 1280. The molecule has 0 spiro atoms. The van der Waals surface area contributed by atoms with Crippen molar-refractivity contribution < 1.29 is 19.1 Å². The molecule has 3 aromatic rings. The number of benzene rings is 2. The van der Waals surface area contributed by atoms with E-state index in [1.807, 2.05) is 6.92 Å². The van der Waals surface area contributed by atoms with Gasteiger partial charge in [-0.05, 0) is 49.1 Å². The largest absolute Gasteiger partial charge is 0.462 e. The number of halogens is 1. The van der Waals surface area contributed by atoms with Crippen molar-refractivity contribution in [1.29, 1.82) is 0 Å². The van der Waals surface area contributed by atoms with E-state index >= 15 is 0 Å². The number of carbonyl (C=O) groups excluding carboxylic acids is 3. The predicted molar refractivity (Wildman–Crippen MR) is 148 cm³/mol. The van der Waals surface area contributed by atoms with Crippen LogP contribution >= 0.6 is 23.4 Å². The number of amides is 2. The third kappa shape index (κ3) is 8.06. The van der Waals surface area contributed by atoms with Crippen LogP contribution in [0.4, 0.5) is 5.69 Å². The quantitative estimate of drug-likeness (QED) is 0.230. The van der Waals surface area contributed by atoms with Crippen molar-refractivity contribution in [1.82, 2.24) is 20.1 Å². The minimum Gasteiger partial charge on any atom is -0.462 e. The molecule has 3 rings (SSSR count). The number of rotatable bonds is 12. The SMILES string of the molecule is CCCOC(=O)c1cccc(NC(=O)CSc2nnc([C@H](CC(C)C)NC(=O)c3ccccc3Cl)n2C)c1. The molecule has 1 atom stereocenters. The van der Waals surface area contributed by atoms with Crippen LogP contribution < -0.4 is 10.6 Å². The van der Waals surface area contributed by atoms with Crippen molar-refractivity contribution in [3.8, 4) is 0 Å². The maximum atomic E-state index is 12.9. The van der Waals surface area contributed by atoms with Crippen molar-refractivity contribution in [2.24, 2.45) is 13.0 Å². The molecule has 202 valence electrons. The maximum absolute atomic E-state index is 12.9. The average Bonchev–Trinajstić information content (AvgIpc) is 3.25. The van der Waals surface area contributed by atoms with E-state index in [9.17, 15) is 14.4 Å². The van der Waals surface area contributed by atoms with Crippen molar-refractivity contribution in [2.75, 3.05) is 17.7 Å². The van der Waals surface area contributed by atoms with E-state index in [0.29, 0.717) is 45.8 Å². The normalized spacial score (nSPS) is 11.7. The Kier molecular flexibility index (Phi) is 10.7. The molecule has 1 heterocycles. The van der Waals surface area contributed by atoms with Crippen LogP contribution in [0.25, 0.3) is 0 Å². The highest BCUT2D eigenvalue weighted by Crippen LogP contribution is 2.25. The number of nitrogens with one attached hydrogen (secondary N) is 2. The van der Waals surface area contributed by atoms with Crippen LogP contribution in [0.1, 0.15) is 66.2 Å². The fraction of sp³-hybridized carbons (Fsp3) is 0.370. The van der Waals surface area contributed by atoms with Gasteiger partial charge < -0.3 is 19.9 Å². The third-order valence-corrected chi connectivity index (χ3v) is 6.81. The number of esters is 1. The van der Waals surface area contributed by atoms with E-state index in [1.54, 1.807) is 60.1 Å². The first kappa shape index (κ1) is 29.2. The molecule has 1 aromatic heterocycles. The van der Waals surface area contributed by atoms with Crippen LogP contribution in [-0.4, -0.2) is 44.9 Å². The summed E-state index contributed by atoms with van der Waals surface area (Å²) in [6, 6.07) is 13.1. The average molecular weight is 558 g/mol. The Hall–Kier alpha value is -3.37. The predicted octanol–water partition coefficient (Wildman–Crippen LogP) is 5.28. The highest BCUT2D eigenvalue weighted by molar-refractivity contribution is 7.99. The van der Waals surface area contributed by atoms with Crippen molar-refractivity contribution >= 4 is 46.8 Å². The number of carbonyl (C=O) groups is 3. The molecule has 2 N–H and O–H groups in total. The minimum atomic E-state index is -0.429. The van der Waals surface area contributed by atoms with Crippen LogP contribution in [-0.2, 0) is 16.6 Å². The van der Waals surface area contributed by atoms with Gasteiger partial charge in [0.05, 0.1) is 34.6 Å². The van der Waals surface area contributed by atoms with Gasteiger partial charge in [-0.25, -0.2) is 4.79 Å². The Morgan fingerprint density at radius 3 is 2.58 bits per heavy atom. The Morgan fingerprint density at radius 1 is 1.11 bits per heavy atom. The molecule has 0 radical (unpaired) electrons. The van der Waals surface area contributed by atoms with E-state index in [-0.39, 0.29) is 23.5 Å². The van der Waals surface area contributed by atoms with Crippen LogP contribution in [0, 0.1) is 5.92 Å². The maximum Gasteiger partial charge on any atom is 0.338 e. The van der Waals surface area contributed by atoms with E-state index < -0.39 is 12.0 Å². The minimum absolute atomic E-state index is 0.0807. The third-order valence-electron chi connectivity index (χ3n) is 5.46. The zero-order valence-electron chi connectivity index (χ0n) is 21.9. The lowest BCUT2D eigenvalue weighted by atomic mass is 10.0. The molecule has 0 unspecified atom stereocenters. The van der Waals surface area contributed by atoms with E-state index in [1.165, 1.54) is 11.8 Å². The molecule has 11 heteroatoms. The summed E-state index contributed by atoms with van der Waals surface area (Å²) in [5, 5.41) is 15.3. The lowest BCUT2D eigenvalue weighted by Gasteiger charge is -2.20. The molecular weight excluding hydrogens is 526 g/mol. The fourth-order valence-corrected chi connectivity index (χ4v) is 4.61. The molecule has 0 bridgehead atoms. The molecule has 0 aliphatic rings. The summed E-state index contributed by atoms with van der Waals surface area (Å²) < 4.78 is 6.93. The van der Waals surface area contributed by atoms with Gasteiger partial charge >= 0.3 is 5.97 Å². The second kappa shape index (κ2) is 14.0. The number of hydrogen-bond acceptors (Lipinski definition) is 7. The molecule has 0 saturated heterocycles. The lowest BCUT2D eigenvalue weighted by Crippen LogP contribution is -2.31. The molecule has 2 amide bonds. The van der Waals surface area contributed by atoms with Gasteiger partial charge in [0, 0.05) is 12.7 Å². The summed E-state index contributed by atoms with van der Waals surface area (Å²) in [5.41, 5.74) is 1.26. The second-order valence-electron chi connectivity index (χ2n) is 9.09. The van der Waals surface area contributed by atoms with Gasteiger partial charge in [0.25, 0.3) is 5.91 Å². The molecular formula is C27H32ClN5O4S. The molecule has 9 nitrogen and oxygen atoms in total. The van der Waals surface area contributed by atoms with Crippen molar-refractivity contribution in [3.63, 3.8) is 0 Å². The Morgan fingerprint density at radius 2 is 1.87 bits per heavy atom. The molecule has 0 aliphatic carbocycles. The van der Waals surface area contributed by atoms with Gasteiger partial charge in [0.1, 0.15) is 0 Å². The smallest absolute Gasteiger partial charge is 0.338 e. The van der Waals surface area contributed by atoms with Gasteiger partial charge in [-0.15, -0.1) is 10.2 Å². The highest BCUT2D eigenvalue weighted by Gasteiger charge is 2.24. The molecule has 0 fully saturated rings. The Labute approximate surface area is 231 Å². The number of aromatic nitrogens is 3. The molecule has 2 aromatic carbocycles. The first-order chi connectivity index (χ1) is 18.2. The first-order valence-corrected chi connectivity index (χ1v) is 13.7. The summed E-state index contributed by atoms with van der Waals surface area (Å²) in [6.07, 6.45) is 1.37. The fourth-order valence-electron chi connectivity index (χ4n) is 3.67. The van der Waals surface area contributed by atoms with Crippen molar-refractivity contribution in [3.05, 3.63) is 70.5 Å². The molecule has 38 heavy (non-hydrogen) atoms. The molecule has 0 saturated carbocycles. The lowest BCUT2D eigenvalue weighted by molar-refractivity contribution is -0.113. The van der Waals surface area contributed by atoms with E-state index in [2.05, 4.69) is 34.7 Å². The van der Waals surface area contributed by atoms with Crippen molar-refractivity contribution in [2.45, 2.75) is 44.8 Å². The summed E-state index contributed by atoms with van der Waals surface area (Å²) in [5.74, 6) is -0.0397. The number of nitrogens with zero attached hydrogens (tertiary/aromatic N) is 3. The van der Waals surface area contributed by atoms with Gasteiger partial charge in [-0.1, -0.05) is 62.3 Å². The first-order valence-electron chi connectivity index (χ1n) is 12.3. The highest BCUT2D eigenvalue weighted by atomic mass is 35.5. The monoisotopic (exact) mass is 557 g/mol. The number of thioether (sulfide) groups is 1. The zero-order valence-corrected chi connectivity index (χ0v) is 23.4. The molecule has 0 aliphatic heterocycles. The summed E-state index contributed by atoms with van der Waals surface area (Å²) >= 11 is 7.43. The van der Waals surface area contributed by atoms with Crippen LogP contribution in [0.15, 0.2) is 53.7 Å². The van der Waals surface area contributed by atoms with Gasteiger partial charge in [-0.2, -0.15) is 0 Å². The zero-order chi connectivity index (χ0) is 27.7. The summed E-state index contributed by atoms with van der Waals surface area (Å²) in [7, 11) is 1.80. The van der Waals surface area contributed by atoms with Crippen LogP contribution in [0.3, 0.4) is 0 Å². The number of ether oxygens (including phenoxy) is 1. The standard InChI is InChI=1S/C27H32ClN5O4S/c1-5-13-37-26(36)18-9-8-10-19(15-18)29-23(34)16-38-27-32-31-24(33(27)4)22(14-17(2)3)30-25(35)20-11-6-7-12-21(20)28/h6-12,15,17,22H,5,13-14,16H2,1-4H3,(H,29,34)(H,30,35)/t22-/m0/s1.